The number of carbonyl (C=O) groups excluding carboxylic acids is 1. The maximum Gasteiger partial charge on any atom is 0.310 e. The third-order valence-corrected chi connectivity index (χ3v) is 1.95. The van der Waals surface area contributed by atoms with Crippen LogP contribution in [0.15, 0.2) is 35.7 Å². The zero-order chi connectivity index (χ0) is 14.3. The summed E-state index contributed by atoms with van der Waals surface area (Å²) in [5.41, 5.74) is -1.63. The second-order valence-electron chi connectivity index (χ2n) is 3.08. The molecule has 0 aliphatic carbocycles. The lowest BCUT2D eigenvalue weighted by molar-refractivity contribution is -0.433. The molecule has 98 valence electrons. The van der Waals surface area contributed by atoms with Crippen LogP contribution in [0.3, 0.4) is 0 Å². The Labute approximate surface area is 103 Å². The maximum atomic E-state index is 11.1. The number of ether oxygens (including phenoxy) is 1. The van der Waals surface area contributed by atoms with Crippen molar-refractivity contribution in [2.24, 2.45) is 0 Å². The van der Waals surface area contributed by atoms with Crippen molar-refractivity contribution in [3.63, 3.8) is 0 Å². The highest BCUT2D eigenvalue weighted by Crippen LogP contribution is 2.20. The van der Waals surface area contributed by atoms with Crippen molar-refractivity contribution in [3.05, 3.63) is 55.9 Å². The molecule has 0 N–H and O–H groups in total. The average molecular weight is 256 g/mol. The highest BCUT2D eigenvalue weighted by molar-refractivity contribution is 5.73. The van der Waals surface area contributed by atoms with Crippen molar-refractivity contribution in [2.45, 2.75) is 13.3 Å². The van der Waals surface area contributed by atoms with Gasteiger partial charge in [-0.1, -0.05) is 6.08 Å². The van der Waals surface area contributed by atoms with Crippen LogP contribution in [0.25, 0.3) is 0 Å². The molecule has 0 bridgehead atoms. The van der Waals surface area contributed by atoms with Crippen LogP contribution in [0.2, 0.25) is 0 Å². The summed E-state index contributed by atoms with van der Waals surface area (Å²) in [5, 5.41) is 21.4. The molecule has 0 aromatic rings. The molecule has 0 radical (unpaired) electrons. The first-order chi connectivity index (χ1) is 8.34. The summed E-state index contributed by atoms with van der Waals surface area (Å²) in [5.74, 6) is -0.822. The first-order valence-corrected chi connectivity index (χ1v) is 4.75. The Balaban J connectivity index is 5.74. The van der Waals surface area contributed by atoms with Gasteiger partial charge in [-0.15, -0.1) is 0 Å². The number of hydrogen-bond donors (Lipinski definition) is 0. The van der Waals surface area contributed by atoms with Gasteiger partial charge in [-0.3, -0.25) is 25.0 Å². The minimum absolute atomic E-state index is 0.380. The third kappa shape index (κ3) is 4.16. The Morgan fingerprint density at radius 3 is 2.22 bits per heavy atom. The Morgan fingerprint density at radius 2 is 1.89 bits per heavy atom. The summed E-state index contributed by atoms with van der Waals surface area (Å²) in [6, 6.07) is 0. The van der Waals surface area contributed by atoms with Crippen molar-refractivity contribution in [1.29, 1.82) is 0 Å². The van der Waals surface area contributed by atoms with E-state index in [9.17, 15) is 25.0 Å². The quantitative estimate of drug-likeness (QED) is 0.307. The van der Waals surface area contributed by atoms with Gasteiger partial charge in [-0.05, 0) is 13.5 Å². The van der Waals surface area contributed by atoms with Crippen LogP contribution in [0, 0.1) is 20.2 Å². The van der Waals surface area contributed by atoms with Crippen molar-refractivity contribution in [1.82, 2.24) is 0 Å². The van der Waals surface area contributed by atoms with E-state index in [1.807, 2.05) is 0 Å². The van der Waals surface area contributed by atoms with E-state index in [0.29, 0.717) is 0 Å². The predicted molar refractivity (Wildman–Crippen MR) is 61.6 cm³/mol. The number of carbonyl (C=O) groups is 1. The van der Waals surface area contributed by atoms with Crippen LogP contribution in [-0.2, 0) is 9.53 Å². The van der Waals surface area contributed by atoms with E-state index in [2.05, 4.69) is 11.3 Å². The summed E-state index contributed by atoms with van der Waals surface area (Å²) in [7, 11) is 1.08. The van der Waals surface area contributed by atoms with Gasteiger partial charge in [0, 0.05) is 6.08 Å². The fourth-order valence-corrected chi connectivity index (χ4v) is 1.10. The molecule has 0 aromatic carbocycles. The number of esters is 1. The molecule has 8 heteroatoms. The van der Waals surface area contributed by atoms with Gasteiger partial charge < -0.3 is 4.74 Å². The highest BCUT2D eigenvalue weighted by Gasteiger charge is 2.27. The first-order valence-electron chi connectivity index (χ1n) is 4.75. The molecule has 0 unspecified atom stereocenters. The number of hydrogen-bond acceptors (Lipinski definition) is 6. The predicted octanol–water partition coefficient (Wildman–Crippen LogP) is 1.45. The van der Waals surface area contributed by atoms with Gasteiger partial charge in [0.25, 0.3) is 11.4 Å². The lowest BCUT2D eigenvalue weighted by Crippen LogP contribution is -2.12. The Kier molecular flexibility index (Phi) is 5.97. The number of methoxy groups -OCH3 is 1. The highest BCUT2D eigenvalue weighted by atomic mass is 16.6. The number of rotatable bonds is 6. The van der Waals surface area contributed by atoms with Gasteiger partial charge in [-0.2, -0.15) is 0 Å². The molecule has 0 aromatic heterocycles. The minimum atomic E-state index is -0.884. The molecule has 0 spiro atoms. The Morgan fingerprint density at radius 1 is 1.33 bits per heavy atom. The fourth-order valence-electron chi connectivity index (χ4n) is 1.10. The fraction of sp³-hybridized carbons (Fsp3) is 0.300. The van der Waals surface area contributed by atoms with E-state index in [0.717, 1.165) is 13.2 Å². The van der Waals surface area contributed by atoms with Crippen molar-refractivity contribution < 1.29 is 19.4 Å². The molecule has 18 heavy (non-hydrogen) atoms. The monoisotopic (exact) mass is 256 g/mol. The molecule has 0 amide bonds. The van der Waals surface area contributed by atoms with Crippen LogP contribution < -0.4 is 0 Å². The van der Waals surface area contributed by atoms with E-state index >= 15 is 0 Å². The van der Waals surface area contributed by atoms with Gasteiger partial charge in [0.05, 0.1) is 23.4 Å². The Bertz CT molecular complexity index is 449. The second-order valence-corrected chi connectivity index (χ2v) is 3.08. The summed E-state index contributed by atoms with van der Waals surface area (Å²) >= 11 is 0. The zero-order valence-electron chi connectivity index (χ0n) is 9.91. The van der Waals surface area contributed by atoms with Crippen LogP contribution >= 0.6 is 0 Å². The average Bonchev–Trinajstić information content (AvgIpc) is 2.31. The van der Waals surface area contributed by atoms with E-state index in [4.69, 9.17) is 0 Å². The smallest absolute Gasteiger partial charge is 0.310 e. The van der Waals surface area contributed by atoms with Crippen LogP contribution in [0.5, 0.6) is 0 Å². The summed E-state index contributed by atoms with van der Waals surface area (Å²) in [4.78, 5) is 30.8. The molecule has 0 aliphatic heterocycles. The van der Waals surface area contributed by atoms with E-state index in [-0.39, 0.29) is 5.57 Å². The number of nitrogens with zero attached hydrogens (tertiary/aromatic N) is 2. The molecule has 0 saturated heterocycles. The SMILES string of the molecule is C=C(/C(CC(=O)OC)=C(\C=C/C)[N+](=O)[O-])[N+](=O)[O-]. The van der Waals surface area contributed by atoms with Crippen molar-refractivity contribution in [3.8, 4) is 0 Å². The largest absolute Gasteiger partial charge is 0.469 e. The van der Waals surface area contributed by atoms with Gasteiger partial charge in [-0.25, -0.2) is 0 Å². The van der Waals surface area contributed by atoms with Gasteiger partial charge >= 0.3 is 5.97 Å². The summed E-state index contributed by atoms with van der Waals surface area (Å²) in [6.45, 7) is 4.63. The van der Waals surface area contributed by atoms with E-state index in [1.54, 1.807) is 0 Å². The zero-order valence-corrected chi connectivity index (χ0v) is 9.91. The molecular weight excluding hydrogens is 244 g/mol. The molecule has 0 heterocycles. The summed E-state index contributed by atoms with van der Waals surface area (Å²) in [6.07, 6.45) is 1.81. The normalized spacial score (nSPS) is 11.9. The molecule has 0 fully saturated rings. The number of allylic oxidation sites excluding steroid dienone is 3. The Hall–Kier alpha value is -2.51. The molecule has 0 saturated carbocycles. The first kappa shape index (κ1) is 15.5. The molecule has 0 rings (SSSR count). The van der Waals surface area contributed by atoms with Crippen molar-refractivity contribution in [2.75, 3.05) is 7.11 Å². The van der Waals surface area contributed by atoms with Crippen molar-refractivity contribution >= 4 is 5.97 Å². The topological polar surface area (TPSA) is 113 Å². The lowest BCUT2D eigenvalue weighted by Gasteiger charge is -2.03. The standard InChI is InChI=1S/C10H12N2O6/c1-4-5-9(12(16)17)8(6-10(13)18-3)7(2)11(14)15/h4-5H,2,6H2,1,3H3/b5-4-,9-8+. The second kappa shape index (κ2) is 6.94. The lowest BCUT2D eigenvalue weighted by atomic mass is 10.1. The van der Waals surface area contributed by atoms with E-state index < -0.39 is 33.6 Å². The molecule has 8 nitrogen and oxygen atoms in total. The minimum Gasteiger partial charge on any atom is -0.469 e. The molecular formula is C10H12N2O6. The molecule has 0 aliphatic rings. The third-order valence-electron chi connectivity index (χ3n) is 1.95. The van der Waals surface area contributed by atoms with Gasteiger partial charge in [0.2, 0.25) is 0 Å². The number of nitro groups is 2. The van der Waals surface area contributed by atoms with Gasteiger partial charge in [0.1, 0.15) is 5.57 Å². The van der Waals surface area contributed by atoms with Crippen LogP contribution in [0.4, 0.5) is 0 Å². The van der Waals surface area contributed by atoms with Crippen LogP contribution in [-0.4, -0.2) is 22.9 Å². The van der Waals surface area contributed by atoms with E-state index in [1.165, 1.54) is 13.0 Å². The maximum absolute atomic E-state index is 11.1. The van der Waals surface area contributed by atoms with Gasteiger partial charge in [0.15, 0.2) is 0 Å². The van der Waals surface area contributed by atoms with Crippen LogP contribution in [0.1, 0.15) is 13.3 Å². The molecule has 0 atom stereocenters. The summed E-state index contributed by atoms with van der Waals surface area (Å²) < 4.78 is 4.34.